The molecule has 0 spiro atoms. The highest BCUT2D eigenvalue weighted by molar-refractivity contribution is 5.83. The molecule has 0 saturated carbocycles. The van der Waals surface area contributed by atoms with Crippen molar-refractivity contribution in [1.82, 2.24) is 29.2 Å². The van der Waals surface area contributed by atoms with Crippen LogP contribution in [0, 0.1) is 0 Å². The Balaban J connectivity index is 0.993. The lowest BCUT2D eigenvalue weighted by molar-refractivity contribution is -0.0592. The third-order valence-corrected chi connectivity index (χ3v) is 8.98. The molecule has 2 aromatic carbocycles. The number of hydrogen-bond acceptors (Lipinski definition) is 8. The Bertz CT molecular complexity index is 1810. The SMILES string of the molecule is Cn1nc(C(F)F)c2ccc(COc3cccc(C4CCN(Cc5nc6ccc(C(O)O)cc6n5C[C@@H]5CCO5)CC4)n3)cc21. The Morgan fingerprint density at radius 1 is 1.00 bits per heavy atom. The summed E-state index contributed by atoms with van der Waals surface area (Å²) in [6.07, 6.45) is -1.10. The summed E-state index contributed by atoms with van der Waals surface area (Å²) in [5.74, 6) is 1.79. The zero-order valence-corrected chi connectivity index (χ0v) is 25.0. The molecule has 5 heterocycles. The van der Waals surface area contributed by atoms with E-state index in [0.29, 0.717) is 41.4 Å². The Labute approximate surface area is 258 Å². The van der Waals surface area contributed by atoms with E-state index in [2.05, 4.69) is 14.6 Å². The van der Waals surface area contributed by atoms with Gasteiger partial charge in [0.2, 0.25) is 5.88 Å². The monoisotopic (exact) mass is 618 g/mol. The zero-order chi connectivity index (χ0) is 31.1. The number of hydrogen-bond donors (Lipinski definition) is 2. The molecule has 45 heavy (non-hydrogen) atoms. The van der Waals surface area contributed by atoms with Crippen molar-refractivity contribution >= 4 is 21.9 Å². The molecule has 2 N–H and O–H groups in total. The van der Waals surface area contributed by atoms with Gasteiger partial charge in [-0.05, 0) is 62.2 Å². The molecule has 1 atom stereocenters. The minimum Gasteiger partial charge on any atom is -0.473 e. The molecule has 10 nitrogen and oxygen atoms in total. The molecule has 2 saturated heterocycles. The molecule has 2 fully saturated rings. The van der Waals surface area contributed by atoms with Crippen molar-refractivity contribution in [2.45, 2.75) is 63.7 Å². The molecule has 3 aromatic heterocycles. The second kappa shape index (κ2) is 12.4. The van der Waals surface area contributed by atoms with E-state index in [1.807, 2.05) is 36.4 Å². The van der Waals surface area contributed by atoms with Gasteiger partial charge in [0.1, 0.15) is 18.1 Å². The second-order valence-corrected chi connectivity index (χ2v) is 11.9. The van der Waals surface area contributed by atoms with Crippen molar-refractivity contribution in [2.24, 2.45) is 7.05 Å². The Hall–Kier alpha value is -3.97. The van der Waals surface area contributed by atoms with Gasteiger partial charge in [0.25, 0.3) is 6.43 Å². The molecule has 0 amide bonds. The van der Waals surface area contributed by atoms with Crippen LogP contribution in [0.3, 0.4) is 0 Å². The van der Waals surface area contributed by atoms with Crippen molar-refractivity contribution in [3.63, 3.8) is 0 Å². The summed E-state index contributed by atoms with van der Waals surface area (Å²) in [6, 6.07) is 16.5. The topological polar surface area (TPSA) is 111 Å². The highest BCUT2D eigenvalue weighted by Gasteiger charge is 2.26. The number of ether oxygens (including phenoxy) is 2. The predicted molar refractivity (Wildman–Crippen MR) is 163 cm³/mol. The first-order chi connectivity index (χ1) is 21.8. The van der Waals surface area contributed by atoms with Crippen LogP contribution in [-0.2, 0) is 31.5 Å². The maximum Gasteiger partial charge on any atom is 0.282 e. The Morgan fingerprint density at radius 3 is 2.56 bits per heavy atom. The van der Waals surface area contributed by atoms with Gasteiger partial charge in [0.15, 0.2) is 6.29 Å². The Kier molecular flexibility index (Phi) is 8.21. The number of halogens is 2. The van der Waals surface area contributed by atoms with Gasteiger partial charge in [-0.3, -0.25) is 9.58 Å². The van der Waals surface area contributed by atoms with Gasteiger partial charge in [-0.2, -0.15) is 5.10 Å². The van der Waals surface area contributed by atoms with Gasteiger partial charge in [-0.25, -0.2) is 18.7 Å². The molecule has 0 radical (unpaired) electrons. The smallest absolute Gasteiger partial charge is 0.282 e. The van der Waals surface area contributed by atoms with Crippen molar-refractivity contribution in [3.05, 3.63) is 82.9 Å². The van der Waals surface area contributed by atoms with Crippen molar-refractivity contribution in [3.8, 4) is 5.88 Å². The van der Waals surface area contributed by atoms with E-state index in [9.17, 15) is 19.0 Å². The molecular weight excluding hydrogens is 582 g/mol. The van der Waals surface area contributed by atoms with Crippen LogP contribution in [-0.4, -0.2) is 65.2 Å². The van der Waals surface area contributed by atoms with Crippen LogP contribution in [0.2, 0.25) is 0 Å². The highest BCUT2D eigenvalue weighted by atomic mass is 19.3. The third kappa shape index (κ3) is 6.15. The number of aromatic nitrogens is 5. The number of aliphatic hydroxyl groups excluding tert-OH is 1. The first kappa shape index (κ1) is 29.7. The average Bonchev–Trinajstić information content (AvgIpc) is 3.54. The normalized spacial score (nSPS) is 18.0. The summed E-state index contributed by atoms with van der Waals surface area (Å²) < 4.78 is 42.0. The van der Waals surface area contributed by atoms with Crippen LogP contribution in [0.4, 0.5) is 8.78 Å². The van der Waals surface area contributed by atoms with Crippen LogP contribution in [0.15, 0.2) is 54.6 Å². The number of rotatable bonds is 10. The van der Waals surface area contributed by atoms with E-state index in [0.717, 1.165) is 67.1 Å². The van der Waals surface area contributed by atoms with E-state index < -0.39 is 12.7 Å². The fourth-order valence-corrected chi connectivity index (χ4v) is 6.37. The minimum absolute atomic E-state index is 0.145. The first-order valence-electron chi connectivity index (χ1n) is 15.3. The van der Waals surface area contributed by atoms with E-state index in [4.69, 9.17) is 19.4 Å². The number of likely N-dealkylation sites (tertiary alicyclic amines) is 1. The highest BCUT2D eigenvalue weighted by Crippen LogP contribution is 2.31. The molecule has 0 bridgehead atoms. The number of fused-ring (bicyclic) bond motifs is 2. The van der Waals surface area contributed by atoms with E-state index >= 15 is 0 Å². The molecule has 0 unspecified atom stereocenters. The van der Waals surface area contributed by atoms with Gasteiger partial charge >= 0.3 is 0 Å². The van der Waals surface area contributed by atoms with Crippen molar-refractivity contribution in [1.29, 1.82) is 0 Å². The number of piperidine rings is 1. The number of pyridine rings is 1. The number of aliphatic hydroxyl groups is 2. The minimum atomic E-state index is -2.62. The van der Waals surface area contributed by atoms with Gasteiger partial charge in [0.05, 0.1) is 35.7 Å². The van der Waals surface area contributed by atoms with E-state index in [1.54, 1.807) is 25.2 Å². The molecule has 7 rings (SSSR count). The number of imidazole rings is 1. The first-order valence-corrected chi connectivity index (χ1v) is 15.3. The molecule has 0 aliphatic carbocycles. The zero-order valence-electron chi connectivity index (χ0n) is 25.0. The molecular formula is C33H36F2N6O4. The standard InChI is InChI=1S/C33H36F2N6O4/c1-39-27-15-20(5-7-24(27)31(38-39)32(34)35)19-45-30-4-2-3-25(37-30)21-9-12-40(13-10-21)18-29-36-26-8-6-22(33(42)43)16-28(26)41(29)17-23-11-14-44-23/h2-8,15-16,21,23,32-33,42-43H,9-14,17-19H2,1H3/t23-/m0/s1. The maximum atomic E-state index is 13.3. The van der Waals surface area contributed by atoms with Gasteiger partial charge < -0.3 is 24.3 Å². The predicted octanol–water partition coefficient (Wildman–Crippen LogP) is 4.99. The summed E-state index contributed by atoms with van der Waals surface area (Å²) >= 11 is 0. The van der Waals surface area contributed by atoms with E-state index in [-0.39, 0.29) is 18.4 Å². The van der Waals surface area contributed by atoms with Crippen LogP contribution < -0.4 is 4.74 Å². The summed E-state index contributed by atoms with van der Waals surface area (Å²) in [5, 5.41) is 23.8. The molecule has 2 aliphatic heterocycles. The lowest BCUT2D eigenvalue weighted by atomic mass is 9.93. The van der Waals surface area contributed by atoms with Crippen molar-refractivity contribution < 1.29 is 28.5 Å². The number of nitrogens with zero attached hydrogens (tertiary/aromatic N) is 6. The summed E-state index contributed by atoms with van der Waals surface area (Å²) in [7, 11) is 1.66. The largest absolute Gasteiger partial charge is 0.473 e. The lowest BCUT2D eigenvalue weighted by Gasteiger charge is -2.32. The van der Waals surface area contributed by atoms with Crippen LogP contribution >= 0.6 is 0 Å². The van der Waals surface area contributed by atoms with Crippen LogP contribution in [0.5, 0.6) is 5.88 Å². The summed E-state index contributed by atoms with van der Waals surface area (Å²) in [4.78, 5) is 12.1. The maximum absolute atomic E-state index is 13.3. The fourth-order valence-electron chi connectivity index (χ4n) is 6.37. The number of alkyl halides is 2. The fraction of sp³-hybridized carbons (Fsp3) is 0.424. The van der Waals surface area contributed by atoms with E-state index in [1.165, 1.54) is 4.68 Å². The van der Waals surface area contributed by atoms with Crippen molar-refractivity contribution in [2.75, 3.05) is 19.7 Å². The van der Waals surface area contributed by atoms with Gasteiger partial charge in [0, 0.05) is 42.3 Å². The molecule has 12 heteroatoms. The Morgan fingerprint density at radius 2 is 1.82 bits per heavy atom. The summed E-state index contributed by atoms with van der Waals surface area (Å²) in [5.41, 5.74) is 4.45. The quantitative estimate of drug-likeness (QED) is 0.211. The average molecular weight is 619 g/mol. The molecule has 236 valence electrons. The molecule has 2 aliphatic rings. The van der Waals surface area contributed by atoms with Gasteiger partial charge in [-0.15, -0.1) is 0 Å². The van der Waals surface area contributed by atoms with Gasteiger partial charge in [-0.1, -0.05) is 24.3 Å². The number of aryl methyl sites for hydroxylation is 1. The number of benzene rings is 2. The lowest BCUT2D eigenvalue weighted by Crippen LogP contribution is -2.35. The summed E-state index contributed by atoms with van der Waals surface area (Å²) in [6.45, 7) is 4.22. The van der Waals surface area contributed by atoms with Crippen LogP contribution in [0.25, 0.3) is 21.9 Å². The third-order valence-electron chi connectivity index (χ3n) is 8.98. The second-order valence-electron chi connectivity index (χ2n) is 11.9. The van der Waals surface area contributed by atoms with Crippen LogP contribution in [0.1, 0.15) is 66.2 Å². The molecule has 5 aromatic rings.